The van der Waals surface area contributed by atoms with E-state index in [1.807, 2.05) is 0 Å². The number of hydrogen-bond donors (Lipinski definition) is 3. The molecule has 0 aliphatic carbocycles. The van der Waals surface area contributed by atoms with Gasteiger partial charge in [0, 0.05) is 0 Å². The quantitative estimate of drug-likeness (QED) is 0.0327. The van der Waals surface area contributed by atoms with Crippen molar-refractivity contribution in [2.75, 3.05) is 0 Å². The van der Waals surface area contributed by atoms with E-state index in [1.165, 1.54) is 57.8 Å². The van der Waals surface area contributed by atoms with Crippen LogP contribution in [0.4, 0.5) is 0 Å². The van der Waals surface area contributed by atoms with Crippen molar-refractivity contribution < 1.29 is 23.6 Å². The Morgan fingerprint density at radius 2 is 0.630 bits per heavy atom. The number of carbonyl (C=O) groups excluding carboxylic acids is 3. The van der Waals surface area contributed by atoms with Gasteiger partial charge in [-0.3, -0.25) is 0 Å². The molecule has 0 N–H and O–H groups in total. The van der Waals surface area contributed by atoms with E-state index in [2.05, 4.69) is 86.4 Å². The van der Waals surface area contributed by atoms with E-state index in [-0.39, 0.29) is 4.44 Å². The Morgan fingerprint density at radius 3 is 0.907 bits per heavy atom. The molecule has 54 heavy (non-hydrogen) atoms. The molecule has 3 unspecified atom stereocenters. The average molecular weight is 926 g/mol. The molecule has 0 aromatic rings. The van der Waals surface area contributed by atoms with Crippen LogP contribution in [0, 0.1) is 17.8 Å². The minimum absolute atomic E-state index is 0.271. The van der Waals surface area contributed by atoms with Crippen molar-refractivity contribution in [3.8, 4) is 0 Å². The van der Waals surface area contributed by atoms with Crippen molar-refractivity contribution in [3.05, 3.63) is 0 Å². The first-order valence-corrected chi connectivity index (χ1v) is 29.5. The molecule has 0 aliphatic heterocycles. The number of carbonyl (C=O) groups is 3. The molecule has 0 spiro atoms. The van der Waals surface area contributed by atoms with Crippen molar-refractivity contribution in [1.82, 2.24) is 0 Å². The Hall–Kier alpha value is 0.259. The van der Waals surface area contributed by atoms with Gasteiger partial charge in [0.05, 0.1) is 0 Å². The van der Waals surface area contributed by atoms with Crippen LogP contribution in [-0.2, 0) is 23.6 Å². The maximum atomic E-state index is 13.7. The molecular weight excluding hydrogens is 839 g/mol. The fourth-order valence-electron chi connectivity index (χ4n) is 6.62. The van der Waals surface area contributed by atoms with Crippen LogP contribution in [-0.4, -0.2) is 53.3 Å². The monoisotopic (exact) mass is 926 g/mol. The van der Waals surface area contributed by atoms with E-state index in [4.69, 9.17) is 9.22 Å². The summed E-state index contributed by atoms with van der Waals surface area (Å²) in [5.74, 6) is 0.519. The molecule has 0 aromatic carbocycles. The zero-order valence-electron chi connectivity index (χ0n) is 36.1. The molecule has 0 saturated heterocycles. The van der Waals surface area contributed by atoms with Crippen LogP contribution in [0.1, 0.15) is 222 Å². The van der Waals surface area contributed by atoms with Crippen LogP contribution in [0.5, 0.6) is 0 Å². The molecule has 10 heteroatoms. The second kappa shape index (κ2) is 35.2. The van der Waals surface area contributed by atoms with Crippen molar-refractivity contribution >= 4 is 75.4 Å². The van der Waals surface area contributed by atoms with E-state index in [9.17, 15) is 14.4 Å². The third kappa shape index (κ3) is 31.3. The van der Waals surface area contributed by atoms with E-state index in [0.29, 0.717) is 25.7 Å². The van der Waals surface area contributed by atoms with Gasteiger partial charge in [-0.15, -0.1) is 0 Å². The first-order chi connectivity index (χ1) is 25.7. The van der Waals surface area contributed by atoms with E-state index < -0.39 is 53.3 Å². The molecule has 3 atom stereocenters. The summed E-state index contributed by atoms with van der Waals surface area (Å²) in [6.07, 6.45) is 27.7. The van der Waals surface area contributed by atoms with Crippen LogP contribution >= 0.6 is 37.9 Å². The van der Waals surface area contributed by atoms with Crippen LogP contribution in [0.15, 0.2) is 0 Å². The molecule has 0 amide bonds. The van der Waals surface area contributed by atoms with E-state index in [1.54, 1.807) is 0 Å². The zero-order valence-corrected chi connectivity index (χ0v) is 41.6. The maximum absolute atomic E-state index is 13.7. The van der Waals surface area contributed by atoms with Crippen molar-refractivity contribution in [1.29, 1.82) is 0 Å². The molecule has 0 saturated carbocycles. The van der Waals surface area contributed by atoms with Gasteiger partial charge in [-0.1, -0.05) is 0 Å². The van der Waals surface area contributed by atoms with Crippen LogP contribution < -0.4 is 0 Å². The summed E-state index contributed by atoms with van der Waals surface area (Å²) in [5, 5.41) is -2.03. The SMILES string of the molecule is CCCCCCC[CH2][Sn]([O]C(=O)C(S)CCCCCCCC(C)C)([O]C(=O)C(S)CCCCCCCC(C)C)[O]C(=O)C(S)CCCCCCCC(C)C. The standard InChI is InChI=1S/3C12H24O2S.C8H17.Sn/c3*1-10(2)8-6-4-3-5-7-9-11(15)12(13)14;1-3-5-7-8-6-4-2;/h3*10-11,15H,3-9H2,1-2H3,(H,13,14);1,3-8H2,2H3;/q;;;;+3/p-3. The summed E-state index contributed by atoms with van der Waals surface area (Å²) in [7, 11) is 0. The minimum atomic E-state index is -5.18. The summed E-state index contributed by atoms with van der Waals surface area (Å²) in [6, 6.07) is 0. The molecule has 6 nitrogen and oxygen atoms in total. The zero-order chi connectivity index (χ0) is 40.6. The molecule has 320 valence electrons. The summed E-state index contributed by atoms with van der Waals surface area (Å²) in [6.45, 7) is 15.7. The number of hydrogen-bond acceptors (Lipinski definition) is 9. The molecule has 0 rings (SSSR count). The molecule has 0 fully saturated rings. The van der Waals surface area contributed by atoms with Gasteiger partial charge < -0.3 is 0 Å². The predicted octanol–water partition coefficient (Wildman–Crippen LogP) is 14.0. The van der Waals surface area contributed by atoms with Gasteiger partial charge in [0.1, 0.15) is 0 Å². The van der Waals surface area contributed by atoms with Gasteiger partial charge in [0.15, 0.2) is 0 Å². The van der Waals surface area contributed by atoms with Gasteiger partial charge in [-0.05, 0) is 0 Å². The van der Waals surface area contributed by atoms with E-state index >= 15 is 0 Å². The summed E-state index contributed by atoms with van der Waals surface area (Å²) in [4.78, 5) is 41.1. The first-order valence-electron chi connectivity index (χ1n) is 22.5. The van der Waals surface area contributed by atoms with Crippen molar-refractivity contribution in [2.45, 2.75) is 242 Å². The normalized spacial score (nSPS) is 14.6. The summed E-state index contributed by atoms with van der Waals surface area (Å²) in [5.41, 5.74) is 0. The third-order valence-corrected chi connectivity index (χ3v) is 18.7. The number of unbranched alkanes of at least 4 members (excludes halogenated alkanes) is 17. The third-order valence-electron chi connectivity index (χ3n) is 10.2. The van der Waals surface area contributed by atoms with Crippen LogP contribution in [0.2, 0.25) is 4.44 Å². The predicted molar refractivity (Wildman–Crippen MR) is 242 cm³/mol. The van der Waals surface area contributed by atoms with E-state index in [0.717, 1.165) is 108 Å². The fourth-order valence-corrected chi connectivity index (χ4v) is 15.2. The molecule has 0 bridgehead atoms. The van der Waals surface area contributed by atoms with Gasteiger partial charge in [0.2, 0.25) is 0 Å². The topological polar surface area (TPSA) is 78.9 Å². The van der Waals surface area contributed by atoms with Crippen molar-refractivity contribution in [3.63, 3.8) is 0 Å². The second-order valence-electron chi connectivity index (χ2n) is 17.2. The summed E-state index contributed by atoms with van der Waals surface area (Å²) < 4.78 is 18.9. The Balaban J connectivity index is 5.76. The Bertz CT molecular complexity index is 831. The average Bonchev–Trinajstić information content (AvgIpc) is 3.10. The van der Waals surface area contributed by atoms with Gasteiger partial charge >= 0.3 is 359 Å². The number of rotatable bonds is 37. The Morgan fingerprint density at radius 1 is 0.389 bits per heavy atom. The Kier molecular flexibility index (Phi) is 35.4. The fraction of sp³-hybridized carbons (Fsp3) is 0.932. The van der Waals surface area contributed by atoms with Gasteiger partial charge in [-0.2, -0.15) is 0 Å². The molecule has 0 radical (unpaired) electrons. The second-order valence-corrected chi connectivity index (χ2v) is 26.2. The molecular formula is C44H86O6S3Sn. The first kappa shape index (κ1) is 54.3. The number of thiol groups is 3. The molecule has 0 aromatic heterocycles. The van der Waals surface area contributed by atoms with Gasteiger partial charge in [-0.25, -0.2) is 0 Å². The van der Waals surface area contributed by atoms with Gasteiger partial charge in [0.25, 0.3) is 0 Å². The van der Waals surface area contributed by atoms with Crippen molar-refractivity contribution in [2.24, 2.45) is 17.8 Å². The van der Waals surface area contributed by atoms with Crippen LogP contribution in [0.3, 0.4) is 0 Å². The Labute approximate surface area is 356 Å². The molecule has 0 aliphatic rings. The summed E-state index contributed by atoms with van der Waals surface area (Å²) >= 11 is 8.77. The molecule has 0 heterocycles. The van der Waals surface area contributed by atoms with Crippen LogP contribution in [0.25, 0.3) is 0 Å².